The molecule has 1 aromatic carbocycles. The van der Waals surface area contributed by atoms with E-state index in [0.717, 1.165) is 81.2 Å². The Hall–Kier alpha value is -1.92. The summed E-state index contributed by atoms with van der Waals surface area (Å²) < 4.78 is 7.76. The number of aromatic nitrogens is 2. The van der Waals surface area contributed by atoms with E-state index < -0.39 is 0 Å². The summed E-state index contributed by atoms with van der Waals surface area (Å²) in [5, 5.41) is 3.00. The van der Waals surface area contributed by atoms with Crippen LogP contribution in [0.5, 0.6) is 0 Å². The summed E-state index contributed by atoms with van der Waals surface area (Å²) >= 11 is 0. The van der Waals surface area contributed by atoms with Gasteiger partial charge in [-0.1, -0.05) is 20.3 Å². The molecule has 0 aliphatic carbocycles. The Kier molecular flexibility index (Phi) is 6.63. The van der Waals surface area contributed by atoms with Gasteiger partial charge in [-0.25, -0.2) is 4.98 Å². The molecule has 3 rings (SSSR count). The van der Waals surface area contributed by atoms with Crippen LogP contribution in [-0.4, -0.2) is 46.7 Å². The van der Waals surface area contributed by atoms with Crippen LogP contribution in [0.4, 0.5) is 5.69 Å². The highest BCUT2D eigenvalue weighted by molar-refractivity contribution is 5.93. The van der Waals surface area contributed by atoms with Crippen LogP contribution in [0.15, 0.2) is 18.2 Å². The average Bonchev–Trinajstić information content (AvgIpc) is 2.98. The number of aryl methyl sites for hydroxylation is 1. The van der Waals surface area contributed by atoms with Gasteiger partial charge in [0, 0.05) is 31.7 Å². The molecule has 0 atom stereocenters. The van der Waals surface area contributed by atoms with Crippen LogP contribution >= 0.6 is 0 Å². The number of unbranched alkanes of at least 4 members (excludes halogenated alkanes) is 1. The normalized spacial score (nSPS) is 15.5. The van der Waals surface area contributed by atoms with Crippen molar-refractivity contribution in [2.24, 2.45) is 0 Å². The molecule has 0 bridgehead atoms. The van der Waals surface area contributed by atoms with E-state index in [2.05, 4.69) is 34.7 Å². The minimum absolute atomic E-state index is 0.0766. The molecular formula is C20H30N4O2. The third-order valence-corrected chi connectivity index (χ3v) is 4.78. The molecular weight excluding hydrogens is 328 g/mol. The largest absolute Gasteiger partial charge is 0.379 e. The standard InChI is InChI=1S/C20H30N4O2/c1-3-5-6-20(25)21-16-7-8-18-17(14-16)22-19(24(18)9-4-2)15-23-10-12-26-13-11-23/h7-8,14H,3-6,9-13,15H2,1-2H3,(H,21,25). The number of hydrogen-bond donors (Lipinski definition) is 1. The second-order valence-electron chi connectivity index (χ2n) is 6.92. The summed E-state index contributed by atoms with van der Waals surface area (Å²) in [5.41, 5.74) is 2.93. The first-order valence-electron chi connectivity index (χ1n) is 9.80. The number of amides is 1. The van der Waals surface area contributed by atoms with E-state index in [1.165, 1.54) is 0 Å². The lowest BCUT2D eigenvalue weighted by Gasteiger charge is -2.26. The Bertz CT molecular complexity index is 735. The Labute approximate surface area is 155 Å². The molecule has 142 valence electrons. The maximum absolute atomic E-state index is 12.0. The highest BCUT2D eigenvalue weighted by Crippen LogP contribution is 2.22. The summed E-state index contributed by atoms with van der Waals surface area (Å²) in [6, 6.07) is 6.06. The van der Waals surface area contributed by atoms with Gasteiger partial charge in [-0.2, -0.15) is 0 Å². The number of nitrogens with one attached hydrogen (secondary N) is 1. The molecule has 1 aliphatic heterocycles. The molecule has 1 saturated heterocycles. The van der Waals surface area contributed by atoms with Gasteiger partial charge in [0.25, 0.3) is 0 Å². The fourth-order valence-electron chi connectivity index (χ4n) is 3.37. The SMILES string of the molecule is CCCCC(=O)Nc1ccc2c(c1)nc(CN1CCOCC1)n2CCC. The molecule has 1 amide bonds. The second-order valence-corrected chi connectivity index (χ2v) is 6.92. The van der Waals surface area contributed by atoms with Gasteiger partial charge in [-0.3, -0.25) is 9.69 Å². The van der Waals surface area contributed by atoms with Gasteiger partial charge in [0.15, 0.2) is 0 Å². The van der Waals surface area contributed by atoms with Crippen LogP contribution in [-0.2, 0) is 22.6 Å². The smallest absolute Gasteiger partial charge is 0.224 e. The molecule has 6 heteroatoms. The van der Waals surface area contributed by atoms with E-state index in [4.69, 9.17) is 9.72 Å². The van der Waals surface area contributed by atoms with E-state index in [-0.39, 0.29) is 5.91 Å². The van der Waals surface area contributed by atoms with Crippen molar-refractivity contribution >= 4 is 22.6 Å². The lowest BCUT2D eigenvalue weighted by Crippen LogP contribution is -2.36. The molecule has 0 spiro atoms. The molecule has 0 radical (unpaired) electrons. The molecule has 2 aromatic rings. The van der Waals surface area contributed by atoms with Crippen molar-refractivity contribution in [2.75, 3.05) is 31.6 Å². The van der Waals surface area contributed by atoms with Crippen LogP contribution < -0.4 is 5.32 Å². The second kappa shape index (κ2) is 9.14. The summed E-state index contributed by atoms with van der Waals surface area (Å²) in [6.07, 6.45) is 3.58. The van der Waals surface area contributed by atoms with Crippen molar-refractivity contribution in [3.05, 3.63) is 24.0 Å². The number of imidazole rings is 1. The molecule has 0 unspecified atom stereocenters. The number of rotatable bonds is 8. The molecule has 1 aromatic heterocycles. The van der Waals surface area contributed by atoms with Gasteiger partial charge in [0.2, 0.25) is 5.91 Å². The van der Waals surface area contributed by atoms with Gasteiger partial charge < -0.3 is 14.6 Å². The fourth-order valence-corrected chi connectivity index (χ4v) is 3.37. The minimum Gasteiger partial charge on any atom is -0.379 e. The fraction of sp³-hybridized carbons (Fsp3) is 0.600. The maximum atomic E-state index is 12.0. The quantitative estimate of drug-likeness (QED) is 0.786. The van der Waals surface area contributed by atoms with Crippen molar-refractivity contribution in [2.45, 2.75) is 52.6 Å². The Morgan fingerprint density at radius 1 is 1.23 bits per heavy atom. The number of anilines is 1. The summed E-state index contributed by atoms with van der Waals surface area (Å²) in [6.45, 7) is 9.57. The van der Waals surface area contributed by atoms with E-state index in [1.54, 1.807) is 0 Å². The monoisotopic (exact) mass is 358 g/mol. The summed E-state index contributed by atoms with van der Waals surface area (Å²) in [4.78, 5) is 19.3. The number of hydrogen-bond acceptors (Lipinski definition) is 4. The van der Waals surface area contributed by atoms with Gasteiger partial charge in [0.1, 0.15) is 5.82 Å². The summed E-state index contributed by atoms with van der Waals surface area (Å²) in [7, 11) is 0. The van der Waals surface area contributed by atoms with Crippen LogP contribution in [0.1, 0.15) is 45.4 Å². The zero-order valence-corrected chi connectivity index (χ0v) is 16.0. The Morgan fingerprint density at radius 2 is 2.04 bits per heavy atom. The number of carbonyl (C=O) groups is 1. The minimum atomic E-state index is 0.0766. The van der Waals surface area contributed by atoms with E-state index >= 15 is 0 Å². The van der Waals surface area contributed by atoms with Crippen LogP contribution in [0.2, 0.25) is 0 Å². The topological polar surface area (TPSA) is 59.4 Å². The van der Waals surface area contributed by atoms with Crippen molar-refractivity contribution in [3.63, 3.8) is 0 Å². The lowest BCUT2D eigenvalue weighted by molar-refractivity contribution is -0.116. The molecule has 0 saturated carbocycles. The van der Waals surface area contributed by atoms with Crippen molar-refractivity contribution < 1.29 is 9.53 Å². The summed E-state index contributed by atoms with van der Waals surface area (Å²) in [5.74, 6) is 1.17. The predicted molar refractivity (Wildman–Crippen MR) is 104 cm³/mol. The third-order valence-electron chi connectivity index (χ3n) is 4.78. The first-order chi connectivity index (χ1) is 12.7. The van der Waals surface area contributed by atoms with E-state index in [1.807, 2.05) is 12.1 Å². The van der Waals surface area contributed by atoms with Crippen LogP contribution in [0, 0.1) is 0 Å². The van der Waals surface area contributed by atoms with E-state index in [0.29, 0.717) is 6.42 Å². The number of fused-ring (bicyclic) bond motifs is 1. The zero-order valence-electron chi connectivity index (χ0n) is 16.0. The van der Waals surface area contributed by atoms with Gasteiger partial charge >= 0.3 is 0 Å². The van der Waals surface area contributed by atoms with Gasteiger partial charge in [-0.05, 0) is 31.0 Å². The lowest BCUT2D eigenvalue weighted by atomic mass is 10.2. The third kappa shape index (κ3) is 4.62. The first kappa shape index (κ1) is 18.9. The number of benzene rings is 1. The van der Waals surface area contributed by atoms with Crippen LogP contribution in [0.25, 0.3) is 11.0 Å². The highest BCUT2D eigenvalue weighted by atomic mass is 16.5. The number of carbonyl (C=O) groups excluding carboxylic acids is 1. The van der Waals surface area contributed by atoms with Crippen LogP contribution in [0.3, 0.4) is 0 Å². The Balaban J connectivity index is 1.80. The Morgan fingerprint density at radius 3 is 2.77 bits per heavy atom. The highest BCUT2D eigenvalue weighted by Gasteiger charge is 2.17. The van der Waals surface area contributed by atoms with E-state index in [9.17, 15) is 4.79 Å². The zero-order chi connectivity index (χ0) is 18.4. The first-order valence-corrected chi connectivity index (χ1v) is 9.80. The molecule has 1 fully saturated rings. The van der Waals surface area contributed by atoms with Crippen molar-refractivity contribution in [1.82, 2.24) is 14.5 Å². The number of morpholine rings is 1. The maximum Gasteiger partial charge on any atom is 0.224 e. The number of nitrogens with zero attached hydrogens (tertiary/aromatic N) is 3. The molecule has 26 heavy (non-hydrogen) atoms. The number of ether oxygens (including phenoxy) is 1. The molecule has 1 N–H and O–H groups in total. The molecule has 1 aliphatic rings. The average molecular weight is 358 g/mol. The van der Waals surface area contributed by atoms with Crippen molar-refractivity contribution in [3.8, 4) is 0 Å². The van der Waals surface area contributed by atoms with Gasteiger partial charge in [0.05, 0.1) is 30.8 Å². The molecule has 6 nitrogen and oxygen atoms in total. The van der Waals surface area contributed by atoms with Crippen molar-refractivity contribution in [1.29, 1.82) is 0 Å². The van der Waals surface area contributed by atoms with Gasteiger partial charge in [-0.15, -0.1) is 0 Å². The molecule has 2 heterocycles. The predicted octanol–water partition coefficient (Wildman–Crippen LogP) is 3.41.